The Morgan fingerprint density at radius 1 is 1.03 bits per heavy atom. The molecule has 0 fully saturated rings. The molecule has 6 nitrogen and oxygen atoms in total. The van der Waals surface area contributed by atoms with Gasteiger partial charge in [0.1, 0.15) is 6.79 Å². The summed E-state index contributed by atoms with van der Waals surface area (Å²) in [7, 11) is -1.23. The van der Waals surface area contributed by atoms with Gasteiger partial charge in [-0.15, -0.1) is 0 Å². The summed E-state index contributed by atoms with van der Waals surface area (Å²) in [5.41, 5.74) is 6.21. The quantitative estimate of drug-likeness (QED) is 0.226. The molecule has 3 unspecified atom stereocenters. The number of hydrogen-bond acceptors (Lipinski definition) is 5. The number of aliphatic carboxylic acids is 1. The summed E-state index contributed by atoms with van der Waals surface area (Å²) in [6.45, 7) is 7.41. The molecule has 32 heavy (non-hydrogen) atoms. The van der Waals surface area contributed by atoms with E-state index in [9.17, 15) is 15.0 Å². The van der Waals surface area contributed by atoms with Crippen molar-refractivity contribution in [2.75, 3.05) is 13.4 Å². The van der Waals surface area contributed by atoms with Gasteiger partial charge in [-0.3, -0.25) is 0 Å². The van der Waals surface area contributed by atoms with E-state index in [-0.39, 0.29) is 19.6 Å². The molecule has 0 aliphatic carbocycles. The summed E-state index contributed by atoms with van der Waals surface area (Å²) >= 11 is 0. The summed E-state index contributed by atoms with van der Waals surface area (Å²) in [4.78, 5) is 12.1. The molecule has 0 saturated heterocycles. The van der Waals surface area contributed by atoms with Gasteiger partial charge in [-0.05, 0) is 23.6 Å². The van der Waals surface area contributed by atoms with Gasteiger partial charge in [0.2, 0.25) is 0 Å². The topological polar surface area (TPSA) is 102 Å². The van der Waals surface area contributed by atoms with E-state index < -0.39 is 31.8 Å². The second-order valence-electron chi connectivity index (χ2n) is 9.60. The van der Waals surface area contributed by atoms with Crippen LogP contribution in [0.25, 0.3) is 0 Å². The standard InChI is InChI=1S/C25H37NO5Si/c1-32(2,3)15-14-30-19-31-23(22(26)16-20-10-6-4-7-11-20)18-25(29,24(27)28)17-21-12-8-5-9-13-21/h4-13,22-23,29H,14-19,26H2,1-3H3,(H,27,28). The van der Waals surface area contributed by atoms with Gasteiger partial charge in [0.15, 0.2) is 5.60 Å². The minimum atomic E-state index is -2.00. The van der Waals surface area contributed by atoms with Crippen LogP contribution in [0.1, 0.15) is 17.5 Å². The number of aliphatic hydroxyl groups is 1. The van der Waals surface area contributed by atoms with Gasteiger partial charge in [-0.2, -0.15) is 0 Å². The predicted molar refractivity (Wildman–Crippen MR) is 129 cm³/mol. The van der Waals surface area contributed by atoms with Crippen LogP contribution in [0.4, 0.5) is 0 Å². The second-order valence-corrected chi connectivity index (χ2v) is 15.2. The average molecular weight is 460 g/mol. The highest BCUT2D eigenvalue weighted by atomic mass is 28.3. The first-order valence-electron chi connectivity index (χ1n) is 11.1. The molecule has 0 aliphatic heterocycles. The van der Waals surface area contributed by atoms with Gasteiger partial charge in [-0.25, -0.2) is 4.79 Å². The summed E-state index contributed by atoms with van der Waals surface area (Å²) in [6.07, 6.45) is -0.353. The Bertz CT molecular complexity index is 812. The molecule has 2 aromatic rings. The third-order valence-corrected chi connectivity index (χ3v) is 7.13. The lowest BCUT2D eigenvalue weighted by Gasteiger charge is -2.32. The largest absolute Gasteiger partial charge is 0.479 e. The van der Waals surface area contributed by atoms with Gasteiger partial charge < -0.3 is 25.4 Å². The molecular weight excluding hydrogens is 422 g/mol. The van der Waals surface area contributed by atoms with Crippen LogP contribution in [-0.4, -0.2) is 55.4 Å². The highest BCUT2D eigenvalue weighted by Gasteiger charge is 2.40. The van der Waals surface area contributed by atoms with Crippen molar-refractivity contribution in [1.82, 2.24) is 0 Å². The number of ether oxygens (including phenoxy) is 2. The van der Waals surface area contributed by atoms with Crippen molar-refractivity contribution in [3.63, 3.8) is 0 Å². The number of rotatable bonds is 14. The molecule has 0 saturated carbocycles. The molecule has 2 rings (SSSR count). The molecule has 7 heteroatoms. The lowest BCUT2D eigenvalue weighted by atomic mass is 9.86. The third kappa shape index (κ3) is 9.22. The van der Waals surface area contributed by atoms with Crippen LogP contribution >= 0.6 is 0 Å². The van der Waals surface area contributed by atoms with Crippen molar-refractivity contribution in [2.45, 2.75) is 62.7 Å². The lowest BCUT2D eigenvalue weighted by Crippen LogP contribution is -2.50. The number of hydrogen-bond donors (Lipinski definition) is 3. The maximum atomic E-state index is 12.1. The number of carboxylic acids is 1. The minimum absolute atomic E-state index is 0.0126. The number of benzene rings is 2. The van der Waals surface area contributed by atoms with Crippen LogP contribution in [0.3, 0.4) is 0 Å². The Kier molecular flexibility index (Phi) is 10.1. The van der Waals surface area contributed by atoms with Crippen LogP contribution in [0, 0.1) is 0 Å². The Labute approximate surface area is 192 Å². The van der Waals surface area contributed by atoms with Crippen molar-refractivity contribution >= 4 is 14.0 Å². The maximum absolute atomic E-state index is 12.1. The number of carbonyl (C=O) groups is 1. The third-order valence-electron chi connectivity index (χ3n) is 5.43. The van der Waals surface area contributed by atoms with Gasteiger partial charge >= 0.3 is 5.97 Å². The van der Waals surface area contributed by atoms with E-state index >= 15 is 0 Å². The Morgan fingerprint density at radius 3 is 2.12 bits per heavy atom. The monoisotopic (exact) mass is 459 g/mol. The molecule has 0 radical (unpaired) electrons. The molecule has 3 atom stereocenters. The Hall–Kier alpha value is -2.03. The normalized spacial score (nSPS) is 15.7. The van der Waals surface area contributed by atoms with Crippen LogP contribution in [0.5, 0.6) is 0 Å². The van der Waals surface area contributed by atoms with Gasteiger partial charge in [0.05, 0.1) is 6.10 Å². The second kappa shape index (κ2) is 12.3. The first-order chi connectivity index (χ1) is 15.1. The fourth-order valence-electron chi connectivity index (χ4n) is 3.43. The fourth-order valence-corrected chi connectivity index (χ4v) is 4.18. The van der Waals surface area contributed by atoms with Crippen molar-refractivity contribution in [2.24, 2.45) is 5.73 Å². The molecular formula is C25H37NO5Si. The van der Waals surface area contributed by atoms with E-state index in [1.54, 1.807) is 12.1 Å². The fraction of sp³-hybridized carbons (Fsp3) is 0.480. The Morgan fingerprint density at radius 2 is 1.59 bits per heavy atom. The van der Waals surface area contributed by atoms with Crippen molar-refractivity contribution in [3.05, 3.63) is 71.8 Å². The molecule has 0 aromatic heterocycles. The van der Waals surface area contributed by atoms with E-state index in [1.165, 1.54) is 0 Å². The van der Waals surface area contributed by atoms with Crippen LogP contribution < -0.4 is 5.73 Å². The van der Waals surface area contributed by atoms with E-state index in [2.05, 4.69) is 19.6 Å². The molecule has 0 spiro atoms. The first-order valence-corrected chi connectivity index (χ1v) is 14.8. The summed E-state index contributed by atoms with van der Waals surface area (Å²) in [5.74, 6) is -1.29. The van der Waals surface area contributed by atoms with Gasteiger partial charge in [0, 0.05) is 33.6 Å². The van der Waals surface area contributed by atoms with E-state index in [0.29, 0.717) is 13.0 Å². The predicted octanol–water partition coefficient (Wildman–Crippen LogP) is 3.70. The molecule has 2 aromatic carbocycles. The van der Waals surface area contributed by atoms with Crippen molar-refractivity contribution < 1.29 is 24.5 Å². The number of carboxylic acid groups (broad SMARTS) is 1. The van der Waals surface area contributed by atoms with Crippen LogP contribution in [-0.2, 0) is 27.1 Å². The van der Waals surface area contributed by atoms with Gasteiger partial charge in [-0.1, -0.05) is 80.3 Å². The SMILES string of the molecule is C[Si](C)(C)CCOCOC(CC(O)(Cc1ccccc1)C(=O)O)C(N)Cc1ccccc1. The van der Waals surface area contributed by atoms with Crippen LogP contribution in [0.2, 0.25) is 25.7 Å². The van der Waals surface area contributed by atoms with Crippen molar-refractivity contribution in [1.29, 1.82) is 0 Å². The summed E-state index contributed by atoms with van der Waals surface area (Å²) in [5, 5.41) is 20.9. The van der Waals surface area contributed by atoms with Crippen molar-refractivity contribution in [3.8, 4) is 0 Å². The summed E-state index contributed by atoms with van der Waals surface area (Å²) in [6, 6.07) is 19.3. The molecule has 0 amide bonds. The van der Waals surface area contributed by atoms with E-state index in [1.807, 2.05) is 48.5 Å². The maximum Gasteiger partial charge on any atom is 0.336 e. The molecule has 0 aliphatic rings. The Balaban J connectivity index is 2.10. The lowest BCUT2D eigenvalue weighted by molar-refractivity contribution is -0.167. The highest BCUT2D eigenvalue weighted by Crippen LogP contribution is 2.24. The minimum Gasteiger partial charge on any atom is -0.479 e. The molecule has 176 valence electrons. The molecule has 0 bridgehead atoms. The molecule has 0 heterocycles. The zero-order valence-corrected chi connectivity index (χ0v) is 20.4. The zero-order valence-electron chi connectivity index (χ0n) is 19.4. The van der Waals surface area contributed by atoms with E-state index in [0.717, 1.165) is 17.2 Å². The zero-order chi connectivity index (χ0) is 23.6. The average Bonchev–Trinajstić information content (AvgIpc) is 2.73. The highest BCUT2D eigenvalue weighted by molar-refractivity contribution is 6.76. The van der Waals surface area contributed by atoms with Gasteiger partial charge in [0.25, 0.3) is 0 Å². The summed E-state index contributed by atoms with van der Waals surface area (Å²) < 4.78 is 11.6. The van der Waals surface area contributed by atoms with Crippen LogP contribution in [0.15, 0.2) is 60.7 Å². The first kappa shape index (κ1) is 26.2. The molecule has 4 N–H and O–H groups in total. The smallest absolute Gasteiger partial charge is 0.336 e. The number of nitrogens with two attached hydrogens (primary N) is 1. The van der Waals surface area contributed by atoms with E-state index in [4.69, 9.17) is 15.2 Å².